The van der Waals surface area contributed by atoms with Crippen molar-refractivity contribution in [3.8, 4) is 11.5 Å². The van der Waals surface area contributed by atoms with Gasteiger partial charge >= 0.3 is 6.61 Å². The summed E-state index contributed by atoms with van der Waals surface area (Å²) in [5.41, 5.74) is 0.584. The fourth-order valence-corrected chi connectivity index (χ4v) is 3.35. The Hall–Kier alpha value is -2.09. The molecule has 0 bridgehead atoms. The largest absolute Gasteiger partial charge is 0.490 e. The molecule has 27 heavy (non-hydrogen) atoms. The second-order valence-corrected chi connectivity index (χ2v) is 6.29. The van der Waals surface area contributed by atoms with Gasteiger partial charge in [-0.1, -0.05) is 19.1 Å². The van der Waals surface area contributed by atoms with E-state index in [9.17, 15) is 8.78 Å². The Morgan fingerprint density at radius 3 is 2.81 bits per heavy atom. The van der Waals surface area contributed by atoms with Crippen LogP contribution in [0.5, 0.6) is 11.5 Å². The summed E-state index contributed by atoms with van der Waals surface area (Å²) in [6.45, 7) is 4.69. The third kappa shape index (κ3) is 6.23. The van der Waals surface area contributed by atoms with E-state index >= 15 is 0 Å². The molecule has 0 radical (unpaired) electrons. The average Bonchev–Trinajstić information content (AvgIpc) is 3.11. The predicted octanol–water partition coefficient (Wildman–Crippen LogP) is 2.84. The summed E-state index contributed by atoms with van der Waals surface area (Å²) in [5, 5.41) is 6.49. The van der Waals surface area contributed by atoms with Crippen molar-refractivity contribution < 1.29 is 18.3 Å². The third-order valence-corrected chi connectivity index (χ3v) is 4.65. The lowest BCUT2D eigenvalue weighted by Crippen LogP contribution is -2.44. The molecule has 1 heterocycles. The van der Waals surface area contributed by atoms with E-state index in [1.165, 1.54) is 12.8 Å². The van der Waals surface area contributed by atoms with E-state index in [1.54, 1.807) is 32.2 Å². The van der Waals surface area contributed by atoms with Gasteiger partial charge in [0.2, 0.25) is 0 Å². The first-order valence-corrected chi connectivity index (χ1v) is 9.47. The van der Waals surface area contributed by atoms with Crippen molar-refractivity contribution in [1.82, 2.24) is 15.5 Å². The van der Waals surface area contributed by atoms with E-state index in [1.807, 2.05) is 0 Å². The van der Waals surface area contributed by atoms with Crippen LogP contribution in [0.4, 0.5) is 8.78 Å². The molecule has 1 saturated heterocycles. The maximum Gasteiger partial charge on any atom is 0.387 e. The molecule has 152 valence electrons. The zero-order valence-corrected chi connectivity index (χ0v) is 16.3. The van der Waals surface area contributed by atoms with Gasteiger partial charge < -0.3 is 20.1 Å². The molecule has 2 rings (SSSR count). The van der Waals surface area contributed by atoms with E-state index in [0.717, 1.165) is 19.6 Å². The third-order valence-electron chi connectivity index (χ3n) is 4.65. The number of hydrogen-bond acceptors (Lipinski definition) is 4. The molecule has 0 aromatic heterocycles. The molecule has 1 fully saturated rings. The lowest BCUT2D eigenvalue weighted by molar-refractivity contribution is -0.0520. The molecule has 1 aliphatic heterocycles. The summed E-state index contributed by atoms with van der Waals surface area (Å²) in [6, 6.07) is 5.61. The number of rotatable bonds is 9. The summed E-state index contributed by atoms with van der Waals surface area (Å²) < 4.78 is 35.7. The molecular formula is C19H30F2N4O2. The second-order valence-electron chi connectivity index (χ2n) is 6.29. The number of ether oxygens (including phenoxy) is 2. The van der Waals surface area contributed by atoms with Gasteiger partial charge in [-0.15, -0.1) is 0 Å². The first-order valence-electron chi connectivity index (χ1n) is 9.47. The Labute approximate surface area is 159 Å². The molecule has 1 aliphatic rings. The number of halogens is 2. The van der Waals surface area contributed by atoms with Gasteiger partial charge in [0.15, 0.2) is 17.5 Å². The first-order chi connectivity index (χ1) is 13.1. The van der Waals surface area contributed by atoms with Crippen LogP contribution in [0.3, 0.4) is 0 Å². The number of hydrogen-bond donors (Lipinski definition) is 2. The van der Waals surface area contributed by atoms with Crippen molar-refractivity contribution in [3.63, 3.8) is 0 Å². The van der Waals surface area contributed by atoms with E-state index in [0.29, 0.717) is 36.5 Å². The molecule has 2 N–H and O–H groups in total. The molecule has 0 spiro atoms. The van der Waals surface area contributed by atoms with Gasteiger partial charge in [0.25, 0.3) is 0 Å². The summed E-state index contributed by atoms with van der Waals surface area (Å²) >= 11 is 0. The zero-order chi connectivity index (χ0) is 19.6. The van der Waals surface area contributed by atoms with Crippen LogP contribution in [0.2, 0.25) is 0 Å². The topological polar surface area (TPSA) is 58.1 Å². The summed E-state index contributed by atoms with van der Waals surface area (Å²) in [6.07, 6.45) is 2.38. The van der Waals surface area contributed by atoms with Crippen LogP contribution < -0.4 is 20.1 Å². The number of likely N-dealkylation sites (tertiary alicyclic amines) is 1. The highest BCUT2D eigenvalue weighted by molar-refractivity contribution is 5.79. The van der Waals surface area contributed by atoms with Crippen molar-refractivity contribution >= 4 is 5.96 Å². The van der Waals surface area contributed by atoms with Crippen LogP contribution in [0.25, 0.3) is 0 Å². The highest BCUT2D eigenvalue weighted by Crippen LogP contribution is 2.32. The number of guanidine groups is 1. The average molecular weight is 384 g/mol. The van der Waals surface area contributed by atoms with Crippen LogP contribution >= 0.6 is 0 Å². The van der Waals surface area contributed by atoms with Crippen molar-refractivity contribution in [3.05, 3.63) is 23.8 Å². The fourth-order valence-electron chi connectivity index (χ4n) is 3.35. The fraction of sp³-hybridized carbons (Fsp3) is 0.632. The van der Waals surface area contributed by atoms with E-state index in [4.69, 9.17) is 9.47 Å². The van der Waals surface area contributed by atoms with Crippen LogP contribution in [-0.2, 0) is 6.54 Å². The first kappa shape index (κ1) is 21.2. The second kappa shape index (κ2) is 10.9. The minimum atomic E-state index is -2.91. The quantitative estimate of drug-likeness (QED) is 0.507. The number of aliphatic imine (C=N–C) groups is 1. The molecule has 1 aromatic rings. The van der Waals surface area contributed by atoms with Gasteiger partial charge in [-0.3, -0.25) is 9.89 Å². The molecule has 1 unspecified atom stereocenters. The summed E-state index contributed by atoms with van der Waals surface area (Å²) in [7, 11) is 1.69. The van der Waals surface area contributed by atoms with Crippen LogP contribution in [-0.4, -0.2) is 56.8 Å². The lowest BCUT2D eigenvalue weighted by Gasteiger charge is -2.24. The van der Waals surface area contributed by atoms with Gasteiger partial charge in [0.05, 0.1) is 6.61 Å². The predicted molar refractivity (Wildman–Crippen MR) is 103 cm³/mol. The van der Waals surface area contributed by atoms with Crippen LogP contribution in [0.15, 0.2) is 23.2 Å². The normalized spacial score (nSPS) is 18.0. The van der Waals surface area contributed by atoms with E-state index in [2.05, 4.69) is 27.4 Å². The number of likely N-dealkylation sites (N-methyl/N-ethyl adjacent to an activating group) is 1. The van der Waals surface area contributed by atoms with Gasteiger partial charge in [0, 0.05) is 31.7 Å². The van der Waals surface area contributed by atoms with Crippen molar-refractivity contribution in [2.24, 2.45) is 4.99 Å². The molecule has 0 amide bonds. The molecule has 1 aromatic carbocycles. The Morgan fingerprint density at radius 1 is 1.33 bits per heavy atom. The SMILES string of the molecule is CCOc1cccc(CNC(=NC)NCC2CCCN2CC)c1OC(F)F. The summed E-state index contributed by atoms with van der Waals surface area (Å²) in [4.78, 5) is 6.66. The summed E-state index contributed by atoms with van der Waals surface area (Å²) in [5.74, 6) is 0.998. The van der Waals surface area contributed by atoms with Gasteiger partial charge in [-0.2, -0.15) is 8.78 Å². The Balaban J connectivity index is 1.98. The lowest BCUT2D eigenvalue weighted by atomic mass is 10.2. The smallest absolute Gasteiger partial charge is 0.387 e. The van der Waals surface area contributed by atoms with E-state index < -0.39 is 6.61 Å². The number of alkyl halides is 2. The Morgan fingerprint density at radius 2 is 2.15 bits per heavy atom. The maximum atomic E-state index is 12.8. The minimum absolute atomic E-state index is 0.0604. The van der Waals surface area contributed by atoms with Crippen LogP contribution in [0.1, 0.15) is 32.3 Å². The molecular weight excluding hydrogens is 354 g/mol. The zero-order valence-electron chi connectivity index (χ0n) is 16.3. The van der Waals surface area contributed by atoms with Crippen molar-refractivity contribution in [1.29, 1.82) is 0 Å². The van der Waals surface area contributed by atoms with Crippen molar-refractivity contribution in [2.75, 3.05) is 33.3 Å². The highest BCUT2D eigenvalue weighted by atomic mass is 19.3. The molecule has 6 nitrogen and oxygen atoms in total. The van der Waals surface area contributed by atoms with Crippen LogP contribution in [0, 0.1) is 0 Å². The molecule has 0 saturated carbocycles. The molecule has 1 atom stereocenters. The number of para-hydroxylation sites is 1. The van der Waals surface area contributed by atoms with E-state index in [-0.39, 0.29) is 5.75 Å². The minimum Gasteiger partial charge on any atom is -0.490 e. The maximum absolute atomic E-state index is 12.8. The highest BCUT2D eigenvalue weighted by Gasteiger charge is 2.23. The van der Waals surface area contributed by atoms with Gasteiger partial charge in [-0.05, 0) is 38.9 Å². The van der Waals surface area contributed by atoms with Gasteiger partial charge in [-0.25, -0.2) is 0 Å². The number of benzene rings is 1. The Bertz CT molecular complexity index is 613. The standard InChI is InChI=1S/C19H30F2N4O2/c1-4-25-11-7-9-15(25)13-24-19(22-3)23-12-14-8-6-10-16(26-5-2)17(14)27-18(20)21/h6,8,10,15,18H,4-5,7,9,11-13H2,1-3H3,(H2,22,23,24). The number of nitrogens with one attached hydrogen (secondary N) is 2. The monoisotopic (exact) mass is 384 g/mol. The van der Waals surface area contributed by atoms with Crippen molar-refractivity contribution in [2.45, 2.75) is 45.9 Å². The molecule has 0 aliphatic carbocycles. The van der Waals surface area contributed by atoms with Gasteiger partial charge in [0.1, 0.15) is 0 Å². The molecule has 8 heteroatoms. The number of nitrogens with zero attached hydrogens (tertiary/aromatic N) is 2. The Kier molecular flexibility index (Phi) is 8.57.